The lowest BCUT2D eigenvalue weighted by Crippen LogP contribution is -2.25. The van der Waals surface area contributed by atoms with Crippen LogP contribution in [0.4, 0.5) is 0 Å². The highest BCUT2D eigenvalue weighted by atomic mass is 35.5. The molecule has 0 aliphatic carbocycles. The number of ether oxygens (including phenoxy) is 1. The lowest BCUT2D eigenvalue weighted by molar-refractivity contribution is 0.221. The molecule has 0 bridgehead atoms. The summed E-state index contributed by atoms with van der Waals surface area (Å²) in [6.07, 6.45) is 0. The molecule has 0 amide bonds. The van der Waals surface area contributed by atoms with E-state index in [-0.39, 0.29) is 12.0 Å². The molecule has 3 nitrogen and oxygen atoms in total. The highest BCUT2D eigenvalue weighted by molar-refractivity contribution is 6.21. The van der Waals surface area contributed by atoms with Gasteiger partial charge in [0.05, 0.1) is 18.6 Å². The lowest BCUT2D eigenvalue weighted by Gasteiger charge is -2.19. The van der Waals surface area contributed by atoms with Crippen molar-refractivity contribution in [3.8, 4) is 5.75 Å². The summed E-state index contributed by atoms with van der Waals surface area (Å²) in [5.41, 5.74) is 1.07. The maximum absolute atomic E-state index is 8.81. The van der Waals surface area contributed by atoms with Gasteiger partial charge in [0, 0.05) is 13.1 Å². The van der Waals surface area contributed by atoms with Crippen LogP contribution >= 0.6 is 11.6 Å². The van der Waals surface area contributed by atoms with Crippen LogP contribution in [0.5, 0.6) is 5.75 Å². The van der Waals surface area contributed by atoms with E-state index in [0.29, 0.717) is 13.2 Å². The normalized spacial score (nSPS) is 12.8. The van der Waals surface area contributed by atoms with Crippen LogP contribution in [0.25, 0.3) is 0 Å². The predicted molar refractivity (Wildman–Crippen MR) is 70.8 cm³/mol. The molecule has 1 atom stereocenters. The number of aliphatic hydroxyl groups is 1. The molecule has 0 saturated heterocycles. The van der Waals surface area contributed by atoms with Gasteiger partial charge in [-0.25, -0.2) is 0 Å². The van der Waals surface area contributed by atoms with Gasteiger partial charge < -0.3 is 14.7 Å². The van der Waals surface area contributed by atoms with Gasteiger partial charge in [0.2, 0.25) is 0 Å². The number of rotatable bonds is 7. The first-order valence-corrected chi connectivity index (χ1v) is 6.27. The molecule has 0 fully saturated rings. The minimum Gasteiger partial charge on any atom is -0.494 e. The number of benzene rings is 1. The van der Waals surface area contributed by atoms with Crippen molar-refractivity contribution in [1.82, 2.24) is 4.90 Å². The average Bonchev–Trinajstić information content (AvgIpc) is 2.30. The molecule has 4 heteroatoms. The van der Waals surface area contributed by atoms with Crippen LogP contribution in [-0.4, -0.2) is 43.4 Å². The molecule has 1 unspecified atom stereocenters. The average molecular weight is 258 g/mol. The number of hydrogen-bond acceptors (Lipinski definition) is 3. The summed E-state index contributed by atoms with van der Waals surface area (Å²) in [6, 6.07) is 7.82. The van der Waals surface area contributed by atoms with E-state index >= 15 is 0 Å². The minimum atomic E-state index is -0.0674. The first-order chi connectivity index (χ1) is 8.17. The molecule has 1 N–H and O–H groups in total. The number of aliphatic hydroxyl groups excluding tert-OH is 1. The Morgan fingerprint density at radius 3 is 2.53 bits per heavy atom. The second-order valence-electron chi connectivity index (χ2n) is 3.96. The van der Waals surface area contributed by atoms with Crippen LogP contribution in [-0.2, 0) is 0 Å². The first-order valence-electron chi connectivity index (χ1n) is 5.83. The van der Waals surface area contributed by atoms with Gasteiger partial charge in [0.15, 0.2) is 0 Å². The SMILES string of the molecule is CCOc1ccc(C(Cl)CN(C)CCO)cc1. The molecular weight excluding hydrogens is 238 g/mol. The van der Waals surface area contributed by atoms with Crippen molar-refractivity contribution in [2.45, 2.75) is 12.3 Å². The molecule has 17 heavy (non-hydrogen) atoms. The first kappa shape index (κ1) is 14.3. The Kier molecular flexibility index (Phi) is 6.34. The van der Waals surface area contributed by atoms with Gasteiger partial charge in [0.1, 0.15) is 5.75 Å². The van der Waals surface area contributed by atoms with Crippen LogP contribution in [0.1, 0.15) is 17.9 Å². The second kappa shape index (κ2) is 7.54. The van der Waals surface area contributed by atoms with Gasteiger partial charge in [-0.15, -0.1) is 11.6 Å². The maximum Gasteiger partial charge on any atom is 0.119 e. The van der Waals surface area contributed by atoms with E-state index in [1.54, 1.807) is 0 Å². The summed E-state index contributed by atoms with van der Waals surface area (Å²) in [4.78, 5) is 2.01. The van der Waals surface area contributed by atoms with Gasteiger partial charge in [-0.2, -0.15) is 0 Å². The molecule has 96 valence electrons. The van der Waals surface area contributed by atoms with E-state index in [0.717, 1.165) is 17.9 Å². The van der Waals surface area contributed by atoms with Crippen molar-refractivity contribution < 1.29 is 9.84 Å². The van der Waals surface area contributed by atoms with Gasteiger partial charge in [-0.1, -0.05) is 12.1 Å². The van der Waals surface area contributed by atoms with Crippen LogP contribution < -0.4 is 4.74 Å². The van der Waals surface area contributed by atoms with Crippen molar-refractivity contribution in [3.05, 3.63) is 29.8 Å². The van der Waals surface area contributed by atoms with E-state index in [9.17, 15) is 0 Å². The van der Waals surface area contributed by atoms with E-state index in [2.05, 4.69) is 0 Å². The zero-order chi connectivity index (χ0) is 12.7. The Bertz CT molecular complexity index is 316. The van der Waals surface area contributed by atoms with Crippen LogP contribution in [0, 0.1) is 0 Å². The van der Waals surface area contributed by atoms with Crippen molar-refractivity contribution in [2.75, 3.05) is 33.4 Å². The Morgan fingerprint density at radius 1 is 1.35 bits per heavy atom. The van der Waals surface area contributed by atoms with Gasteiger partial charge in [0.25, 0.3) is 0 Å². The fourth-order valence-corrected chi connectivity index (χ4v) is 1.96. The van der Waals surface area contributed by atoms with E-state index in [1.165, 1.54) is 0 Å². The lowest BCUT2D eigenvalue weighted by atomic mass is 10.1. The minimum absolute atomic E-state index is 0.0674. The van der Waals surface area contributed by atoms with Crippen LogP contribution in [0.15, 0.2) is 24.3 Å². The molecule has 0 aromatic heterocycles. The monoisotopic (exact) mass is 257 g/mol. The van der Waals surface area contributed by atoms with Crippen molar-refractivity contribution in [2.24, 2.45) is 0 Å². The summed E-state index contributed by atoms with van der Waals surface area (Å²) < 4.78 is 5.37. The summed E-state index contributed by atoms with van der Waals surface area (Å²) in [5.74, 6) is 0.865. The standard InChI is InChI=1S/C13H20ClNO2/c1-3-17-12-6-4-11(5-7-12)13(14)10-15(2)8-9-16/h4-7,13,16H,3,8-10H2,1-2H3. The maximum atomic E-state index is 8.81. The summed E-state index contributed by atoms with van der Waals surface area (Å²) >= 11 is 6.30. The van der Waals surface area contributed by atoms with E-state index in [4.69, 9.17) is 21.4 Å². The van der Waals surface area contributed by atoms with E-state index in [1.807, 2.05) is 43.1 Å². The second-order valence-corrected chi connectivity index (χ2v) is 4.48. The Hall–Kier alpha value is -0.770. The Labute approximate surface area is 108 Å². The molecular formula is C13H20ClNO2. The number of nitrogens with zero attached hydrogens (tertiary/aromatic N) is 1. The molecule has 0 aliphatic heterocycles. The van der Waals surface area contributed by atoms with Crippen molar-refractivity contribution in [1.29, 1.82) is 0 Å². The molecule has 0 saturated carbocycles. The Balaban J connectivity index is 2.53. The van der Waals surface area contributed by atoms with Gasteiger partial charge in [-0.05, 0) is 31.7 Å². The Morgan fingerprint density at radius 2 is 2.00 bits per heavy atom. The number of halogens is 1. The highest BCUT2D eigenvalue weighted by Crippen LogP contribution is 2.23. The highest BCUT2D eigenvalue weighted by Gasteiger charge is 2.10. The molecule has 1 rings (SSSR count). The topological polar surface area (TPSA) is 32.7 Å². The fraction of sp³-hybridized carbons (Fsp3) is 0.538. The summed E-state index contributed by atoms with van der Waals surface area (Å²) in [6.45, 7) is 4.14. The smallest absolute Gasteiger partial charge is 0.119 e. The number of likely N-dealkylation sites (N-methyl/N-ethyl adjacent to an activating group) is 1. The van der Waals surface area contributed by atoms with Crippen LogP contribution in [0.2, 0.25) is 0 Å². The van der Waals surface area contributed by atoms with Crippen LogP contribution in [0.3, 0.4) is 0 Å². The van der Waals surface area contributed by atoms with E-state index < -0.39 is 0 Å². The number of hydrogen-bond donors (Lipinski definition) is 1. The quantitative estimate of drug-likeness (QED) is 0.761. The van der Waals surface area contributed by atoms with Crippen molar-refractivity contribution in [3.63, 3.8) is 0 Å². The fourth-order valence-electron chi connectivity index (χ4n) is 1.58. The summed E-state index contributed by atoms with van der Waals surface area (Å²) in [7, 11) is 1.94. The van der Waals surface area contributed by atoms with Crippen molar-refractivity contribution >= 4 is 11.6 Å². The third-order valence-electron chi connectivity index (χ3n) is 2.51. The molecule has 1 aromatic rings. The zero-order valence-electron chi connectivity index (χ0n) is 10.4. The largest absolute Gasteiger partial charge is 0.494 e. The predicted octanol–water partition coefficient (Wildman–Crippen LogP) is 2.29. The molecule has 0 aliphatic rings. The number of alkyl halides is 1. The molecule has 0 radical (unpaired) electrons. The third-order valence-corrected chi connectivity index (χ3v) is 2.90. The molecule has 0 heterocycles. The molecule has 1 aromatic carbocycles. The molecule has 0 spiro atoms. The summed E-state index contributed by atoms with van der Waals surface area (Å²) in [5, 5.41) is 8.75. The third kappa shape index (κ3) is 4.94. The van der Waals surface area contributed by atoms with Gasteiger partial charge in [-0.3, -0.25) is 0 Å². The van der Waals surface area contributed by atoms with Gasteiger partial charge >= 0.3 is 0 Å². The zero-order valence-corrected chi connectivity index (χ0v) is 11.2.